The lowest BCUT2D eigenvalue weighted by Gasteiger charge is -2.10. The minimum atomic E-state index is -0.591. The van der Waals surface area contributed by atoms with Crippen LogP contribution in [0.15, 0.2) is 48.7 Å². The van der Waals surface area contributed by atoms with Crippen molar-refractivity contribution >= 4 is 23.3 Å². The molecule has 1 N–H and O–H groups in total. The molecule has 0 saturated carbocycles. The quantitative estimate of drug-likeness (QED) is 0.376. The van der Waals surface area contributed by atoms with Crippen LogP contribution in [-0.4, -0.2) is 33.2 Å². The normalized spacial score (nSPS) is 10.5. The second-order valence-corrected chi connectivity index (χ2v) is 6.51. The van der Waals surface area contributed by atoms with Gasteiger partial charge in [-0.15, -0.1) is 0 Å². The molecule has 30 heavy (non-hydrogen) atoms. The van der Waals surface area contributed by atoms with Gasteiger partial charge in [0.2, 0.25) is 0 Å². The molecular formula is C21H20N4O5. The van der Waals surface area contributed by atoms with E-state index in [1.54, 1.807) is 61.9 Å². The number of anilines is 1. The van der Waals surface area contributed by atoms with E-state index in [0.717, 1.165) is 0 Å². The molecule has 0 atom stereocenters. The molecule has 2 aromatic carbocycles. The molecule has 154 valence electrons. The molecule has 0 saturated heterocycles. The van der Waals surface area contributed by atoms with Crippen LogP contribution in [0.1, 0.15) is 38.9 Å². The first-order valence-electron chi connectivity index (χ1n) is 9.21. The first-order valence-corrected chi connectivity index (χ1v) is 9.21. The Morgan fingerprint density at radius 1 is 1.17 bits per heavy atom. The molecule has 0 unspecified atom stereocenters. The summed E-state index contributed by atoms with van der Waals surface area (Å²) >= 11 is 0. The molecule has 3 aromatic rings. The van der Waals surface area contributed by atoms with Crippen molar-refractivity contribution in [3.63, 3.8) is 0 Å². The fraction of sp³-hybridized carbons (Fsp3) is 0.190. The second-order valence-electron chi connectivity index (χ2n) is 6.51. The zero-order chi connectivity index (χ0) is 21.8. The van der Waals surface area contributed by atoms with E-state index in [-0.39, 0.29) is 17.9 Å². The Morgan fingerprint density at radius 2 is 1.90 bits per heavy atom. The van der Waals surface area contributed by atoms with Crippen LogP contribution in [0.25, 0.3) is 5.69 Å². The Kier molecular flexibility index (Phi) is 5.91. The summed E-state index contributed by atoms with van der Waals surface area (Å²) in [6.07, 6.45) is 1.43. The van der Waals surface area contributed by atoms with Crippen LogP contribution in [0.5, 0.6) is 0 Å². The molecule has 0 bridgehead atoms. The smallest absolute Gasteiger partial charge is 0.341 e. The van der Waals surface area contributed by atoms with Crippen molar-refractivity contribution in [1.82, 2.24) is 9.78 Å². The standard InChI is InChI=1S/C21H20N4O5/c1-4-30-21(27)18-12-22-24(14(18)3)16-9-6-8-15(11-16)23-20(26)17-10-5-7-13(2)19(17)25(28)29/h5-12H,4H2,1-3H3,(H,23,26). The molecule has 1 amide bonds. The molecule has 0 aliphatic rings. The molecular weight excluding hydrogens is 388 g/mol. The number of nitrogens with zero attached hydrogens (tertiary/aromatic N) is 3. The van der Waals surface area contributed by atoms with Gasteiger partial charge in [-0.2, -0.15) is 5.10 Å². The van der Waals surface area contributed by atoms with E-state index in [2.05, 4.69) is 10.4 Å². The predicted molar refractivity (Wildman–Crippen MR) is 110 cm³/mol. The molecule has 0 aliphatic carbocycles. The minimum Gasteiger partial charge on any atom is -0.462 e. The summed E-state index contributed by atoms with van der Waals surface area (Å²) in [5.41, 5.74) is 2.13. The zero-order valence-corrected chi connectivity index (χ0v) is 16.7. The Hall–Kier alpha value is -4.01. The van der Waals surface area contributed by atoms with E-state index in [1.165, 1.54) is 12.3 Å². The topological polar surface area (TPSA) is 116 Å². The third-order valence-corrected chi connectivity index (χ3v) is 4.52. The number of carbonyl (C=O) groups is 2. The molecule has 0 fully saturated rings. The number of nitrogens with one attached hydrogen (secondary N) is 1. The van der Waals surface area contributed by atoms with Crippen molar-refractivity contribution < 1.29 is 19.2 Å². The van der Waals surface area contributed by atoms with Crippen molar-refractivity contribution in [1.29, 1.82) is 0 Å². The number of carbonyl (C=O) groups excluding carboxylic acids is 2. The fourth-order valence-electron chi connectivity index (χ4n) is 3.08. The lowest BCUT2D eigenvalue weighted by molar-refractivity contribution is -0.385. The SMILES string of the molecule is CCOC(=O)c1cnn(-c2cccc(NC(=O)c3cccc(C)c3[N+](=O)[O-])c2)c1C. The largest absolute Gasteiger partial charge is 0.462 e. The number of ether oxygens (including phenoxy) is 1. The van der Waals surface area contributed by atoms with Crippen LogP contribution in [0, 0.1) is 24.0 Å². The summed E-state index contributed by atoms with van der Waals surface area (Å²) in [6.45, 7) is 5.30. The lowest BCUT2D eigenvalue weighted by atomic mass is 10.1. The summed E-state index contributed by atoms with van der Waals surface area (Å²) in [5, 5.41) is 18.3. The van der Waals surface area contributed by atoms with Gasteiger partial charge in [-0.05, 0) is 45.0 Å². The maximum absolute atomic E-state index is 12.7. The number of hydrogen-bond donors (Lipinski definition) is 1. The highest BCUT2D eigenvalue weighted by Crippen LogP contribution is 2.25. The van der Waals surface area contributed by atoms with Gasteiger partial charge < -0.3 is 10.1 Å². The Bertz CT molecular complexity index is 1140. The van der Waals surface area contributed by atoms with Gasteiger partial charge >= 0.3 is 5.97 Å². The van der Waals surface area contributed by atoms with Gasteiger partial charge in [-0.25, -0.2) is 9.48 Å². The number of aryl methyl sites for hydroxylation is 1. The van der Waals surface area contributed by atoms with E-state index >= 15 is 0 Å². The molecule has 9 nitrogen and oxygen atoms in total. The van der Waals surface area contributed by atoms with Gasteiger partial charge in [-0.3, -0.25) is 14.9 Å². The van der Waals surface area contributed by atoms with E-state index in [4.69, 9.17) is 4.74 Å². The highest BCUT2D eigenvalue weighted by atomic mass is 16.6. The highest BCUT2D eigenvalue weighted by molar-refractivity contribution is 6.07. The Morgan fingerprint density at radius 3 is 2.60 bits per heavy atom. The van der Waals surface area contributed by atoms with Crippen molar-refractivity contribution in [3.8, 4) is 5.69 Å². The van der Waals surface area contributed by atoms with Gasteiger partial charge in [0, 0.05) is 11.3 Å². The number of aromatic nitrogens is 2. The zero-order valence-electron chi connectivity index (χ0n) is 16.7. The van der Waals surface area contributed by atoms with Crippen LogP contribution in [-0.2, 0) is 4.74 Å². The van der Waals surface area contributed by atoms with Crippen LogP contribution in [0.4, 0.5) is 11.4 Å². The van der Waals surface area contributed by atoms with E-state index in [1.807, 2.05) is 0 Å². The number of nitro benzene ring substituents is 1. The van der Waals surface area contributed by atoms with Gasteiger partial charge in [0.15, 0.2) is 0 Å². The predicted octanol–water partition coefficient (Wildman–Crippen LogP) is 3.83. The number of benzene rings is 2. The van der Waals surface area contributed by atoms with Gasteiger partial charge in [0.25, 0.3) is 11.6 Å². The fourth-order valence-corrected chi connectivity index (χ4v) is 3.08. The van der Waals surface area contributed by atoms with Crippen molar-refractivity contribution in [2.45, 2.75) is 20.8 Å². The Balaban J connectivity index is 1.89. The lowest BCUT2D eigenvalue weighted by Crippen LogP contribution is -2.15. The third kappa shape index (κ3) is 4.04. The van der Waals surface area contributed by atoms with Crippen LogP contribution in [0.3, 0.4) is 0 Å². The maximum Gasteiger partial charge on any atom is 0.341 e. The molecule has 3 rings (SSSR count). The average Bonchev–Trinajstić information content (AvgIpc) is 3.09. The molecule has 1 aromatic heterocycles. The Labute approximate surface area is 172 Å². The van der Waals surface area contributed by atoms with Gasteiger partial charge in [-0.1, -0.05) is 18.2 Å². The number of nitro groups is 1. The number of para-hydroxylation sites is 1. The van der Waals surface area contributed by atoms with Gasteiger partial charge in [0.1, 0.15) is 11.1 Å². The summed E-state index contributed by atoms with van der Waals surface area (Å²) in [7, 11) is 0. The molecule has 1 heterocycles. The first-order chi connectivity index (χ1) is 14.3. The second kappa shape index (κ2) is 8.56. The molecule has 0 spiro atoms. The van der Waals surface area contributed by atoms with Crippen LogP contribution < -0.4 is 5.32 Å². The first kappa shape index (κ1) is 20.7. The van der Waals surface area contributed by atoms with Crippen molar-refractivity contribution in [2.24, 2.45) is 0 Å². The summed E-state index contributed by atoms with van der Waals surface area (Å²) in [4.78, 5) is 35.5. The monoisotopic (exact) mass is 408 g/mol. The summed E-state index contributed by atoms with van der Waals surface area (Å²) in [5.74, 6) is -1.05. The maximum atomic E-state index is 12.7. The van der Waals surface area contributed by atoms with Crippen LogP contribution >= 0.6 is 0 Å². The number of hydrogen-bond acceptors (Lipinski definition) is 6. The highest BCUT2D eigenvalue weighted by Gasteiger charge is 2.22. The third-order valence-electron chi connectivity index (χ3n) is 4.52. The van der Waals surface area contributed by atoms with Crippen molar-refractivity contribution in [3.05, 3.63) is 81.2 Å². The molecule has 0 radical (unpaired) electrons. The summed E-state index contributed by atoms with van der Waals surface area (Å²) < 4.78 is 6.57. The van der Waals surface area contributed by atoms with Crippen molar-refractivity contribution in [2.75, 3.05) is 11.9 Å². The number of amides is 1. The minimum absolute atomic E-state index is 0.0229. The summed E-state index contributed by atoms with van der Waals surface area (Å²) in [6, 6.07) is 11.4. The molecule has 9 heteroatoms. The van der Waals surface area contributed by atoms with E-state index < -0.39 is 16.8 Å². The van der Waals surface area contributed by atoms with Crippen LogP contribution in [0.2, 0.25) is 0 Å². The number of esters is 1. The molecule has 0 aliphatic heterocycles. The van der Waals surface area contributed by atoms with Gasteiger partial charge in [0.05, 0.1) is 29.1 Å². The van der Waals surface area contributed by atoms with E-state index in [9.17, 15) is 19.7 Å². The van der Waals surface area contributed by atoms with E-state index in [0.29, 0.717) is 28.2 Å². The number of rotatable bonds is 6. The average molecular weight is 408 g/mol.